The van der Waals surface area contributed by atoms with Crippen molar-refractivity contribution < 1.29 is 9.53 Å². The Hall–Kier alpha value is -1.82. The number of urea groups is 1. The molecule has 1 saturated heterocycles. The van der Waals surface area contributed by atoms with Gasteiger partial charge in [-0.05, 0) is 38.9 Å². The van der Waals surface area contributed by atoms with Crippen LogP contribution in [0.25, 0.3) is 0 Å². The van der Waals surface area contributed by atoms with E-state index in [2.05, 4.69) is 27.4 Å². The third kappa shape index (κ3) is 4.09. The lowest BCUT2D eigenvalue weighted by atomic mass is 10.3. The number of carbonyl (C=O) groups is 1. The Bertz CT molecular complexity index is 429. The number of anilines is 1. The molecule has 1 fully saturated rings. The van der Waals surface area contributed by atoms with Crippen LogP contribution >= 0.6 is 0 Å². The Morgan fingerprint density at radius 1 is 1.45 bits per heavy atom. The Labute approximate surface area is 119 Å². The molecule has 0 saturated carbocycles. The number of nitrogens with one attached hydrogen (secondary N) is 2. The summed E-state index contributed by atoms with van der Waals surface area (Å²) in [5.41, 5.74) is 0.650. The second-order valence-corrected chi connectivity index (χ2v) is 5.02. The molecule has 0 aromatic carbocycles. The summed E-state index contributed by atoms with van der Waals surface area (Å²) < 4.78 is 4.97. The maximum absolute atomic E-state index is 11.8. The SMILES string of the molecule is COc1ccc(NC(=O)NC[C@H](C)N2CCCC2)cn1. The van der Waals surface area contributed by atoms with Crippen molar-refractivity contribution in [2.75, 3.05) is 32.1 Å². The zero-order chi connectivity index (χ0) is 14.4. The van der Waals surface area contributed by atoms with Gasteiger partial charge in [0, 0.05) is 18.7 Å². The molecule has 2 amide bonds. The summed E-state index contributed by atoms with van der Waals surface area (Å²) in [4.78, 5) is 18.2. The maximum Gasteiger partial charge on any atom is 0.319 e. The van der Waals surface area contributed by atoms with Gasteiger partial charge in [-0.25, -0.2) is 9.78 Å². The van der Waals surface area contributed by atoms with Crippen LogP contribution in [-0.4, -0.2) is 48.7 Å². The number of carbonyl (C=O) groups excluding carboxylic acids is 1. The Balaban J connectivity index is 1.74. The Morgan fingerprint density at radius 3 is 2.80 bits per heavy atom. The normalized spacial score (nSPS) is 16.7. The maximum atomic E-state index is 11.8. The molecular formula is C14H22N4O2. The lowest BCUT2D eigenvalue weighted by Crippen LogP contribution is -2.42. The monoisotopic (exact) mass is 278 g/mol. The second kappa shape index (κ2) is 7.09. The van der Waals surface area contributed by atoms with Gasteiger partial charge in [-0.2, -0.15) is 0 Å². The van der Waals surface area contributed by atoms with Crippen molar-refractivity contribution in [3.63, 3.8) is 0 Å². The third-order valence-electron chi connectivity index (χ3n) is 3.53. The van der Waals surface area contributed by atoms with Gasteiger partial charge in [0.25, 0.3) is 0 Å². The molecule has 110 valence electrons. The zero-order valence-electron chi connectivity index (χ0n) is 12.1. The standard InChI is InChI=1S/C14H22N4O2/c1-11(18-7-3-4-8-18)9-16-14(19)17-12-5-6-13(20-2)15-10-12/h5-6,10-11H,3-4,7-9H2,1-2H3,(H2,16,17,19)/t11-/m0/s1. The fourth-order valence-corrected chi connectivity index (χ4v) is 2.30. The van der Waals surface area contributed by atoms with Crippen molar-refractivity contribution in [2.45, 2.75) is 25.8 Å². The molecule has 0 radical (unpaired) electrons. The smallest absolute Gasteiger partial charge is 0.319 e. The summed E-state index contributed by atoms with van der Waals surface area (Å²) in [6.45, 7) is 5.05. The molecule has 1 aromatic heterocycles. The Morgan fingerprint density at radius 2 is 2.20 bits per heavy atom. The van der Waals surface area contributed by atoms with Crippen LogP contribution in [0.5, 0.6) is 5.88 Å². The van der Waals surface area contributed by atoms with E-state index in [4.69, 9.17) is 4.74 Å². The van der Waals surface area contributed by atoms with E-state index in [-0.39, 0.29) is 6.03 Å². The average Bonchev–Trinajstić information content (AvgIpc) is 3.00. The number of likely N-dealkylation sites (tertiary alicyclic amines) is 1. The number of hydrogen-bond donors (Lipinski definition) is 2. The van der Waals surface area contributed by atoms with Gasteiger partial charge in [0.1, 0.15) is 0 Å². The first-order chi connectivity index (χ1) is 9.69. The van der Waals surface area contributed by atoms with Crippen LogP contribution in [0.4, 0.5) is 10.5 Å². The van der Waals surface area contributed by atoms with Crippen molar-refractivity contribution in [3.05, 3.63) is 18.3 Å². The molecule has 2 heterocycles. The van der Waals surface area contributed by atoms with Crippen molar-refractivity contribution in [1.29, 1.82) is 0 Å². The van der Waals surface area contributed by atoms with Crippen LogP contribution in [0.3, 0.4) is 0 Å². The molecule has 0 aliphatic carbocycles. The van der Waals surface area contributed by atoms with Gasteiger partial charge < -0.3 is 15.4 Å². The number of methoxy groups -OCH3 is 1. The van der Waals surface area contributed by atoms with Gasteiger partial charge in [0.05, 0.1) is 19.0 Å². The van der Waals surface area contributed by atoms with Gasteiger partial charge in [-0.3, -0.25) is 4.90 Å². The van der Waals surface area contributed by atoms with Gasteiger partial charge in [-0.15, -0.1) is 0 Å². The van der Waals surface area contributed by atoms with Gasteiger partial charge in [-0.1, -0.05) is 0 Å². The minimum absolute atomic E-state index is 0.206. The van der Waals surface area contributed by atoms with Gasteiger partial charge in [0.2, 0.25) is 5.88 Å². The summed E-state index contributed by atoms with van der Waals surface area (Å²) in [5.74, 6) is 0.526. The number of amides is 2. The summed E-state index contributed by atoms with van der Waals surface area (Å²) in [7, 11) is 1.56. The molecule has 20 heavy (non-hydrogen) atoms. The van der Waals surface area contributed by atoms with E-state index in [0.717, 1.165) is 13.1 Å². The van der Waals surface area contributed by atoms with Crippen molar-refractivity contribution in [1.82, 2.24) is 15.2 Å². The first-order valence-corrected chi connectivity index (χ1v) is 6.98. The number of aromatic nitrogens is 1. The lowest BCUT2D eigenvalue weighted by molar-refractivity contribution is 0.234. The van der Waals surface area contributed by atoms with Crippen LogP contribution in [-0.2, 0) is 0 Å². The van der Waals surface area contributed by atoms with E-state index in [0.29, 0.717) is 24.2 Å². The molecule has 0 spiro atoms. The average molecular weight is 278 g/mol. The summed E-state index contributed by atoms with van der Waals surface area (Å²) in [6, 6.07) is 3.64. The molecular weight excluding hydrogens is 256 g/mol. The molecule has 2 rings (SSSR count). The molecule has 6 nitrogen and oxygen atoms in total. The predicted molar refractivity (Wildman–Crippen MR) is 78.1 cm³/mol. The summed E-state index contributed by atoms with van der Waals surface area (Å²) >= 11 is 0. The number of hydrogen-bond acceptors (Lipinski definition) is 4. The van der Waals surface area contributed by atoms with E-state index in [1.54, 1.807) is 25.4 Å². The number of ether oxygens (including phenoxy) is 1. The van der Waals surface area contributed by atoms with Crippen LogP contribution in [0.1, 0.15) is 19.8 Å². The van der Waals surface area contributed by atoms with Gasteiger partial charge >= 0.3 is 6.03 Å². The highest BCUT2D eigenvalue weighted by atomic mass is 16.5. The fourth-order valence-electron chi connectivity index (χ4n) is 2.30. The molecule has 0 bridgehead atoms. The van der Waals surface area contributed by atoms with Crippen molar-refractivity contribution in [2.24, 2.45) is 0 Å². The molecule has 1 aliphatic heterocycles. The first kappa shape index (κ1) is 14.6. The first-order valence-electron chi connectivity index (χ1n) is 6.98. The minimum Gasteiger partial charge on any atom is -0.481 e. The molecule has 1 aromatic rings. The molecule has 2 N–H and O–H groups in total. The zero-order valence-corrected chi connectivity index (χ0v) is 12.1. The lowest BCUT2D eigenvalue weighted by Gasteiger charge is -2.23. The summed E-state index contributed by atoms with van der Waals surface area (Å²) in [5, 5.41) is 5.64. The topological polar surface area (TPSA) is 66.5 Å². The van der Waals surface area contributed by atoms with Crippen LogP contribution in [0.15, 0.2) is 18.3 Å². The summed E-state index contributed by atoms with van der Waals surface area (Å²) in [6.07, 6.45) is 4.09. The third-order valence-corrected chi connectivity index (χ3v) is 3.53. The highest BCUT2D eigenvalue weighted by Crippen LogP contribution is 2.12. The van der Waals surface area contributed by atoms with Crippen LogP contribution in [0, 0.1) is 0 Å². The van der Waals surface area contributed by atoms with E-state index in [1.807, 2.05) is 0 Å². The van der Waals surface area contributed by atoms with Crippen LogP contribution < -0.4 is 15.4 Å². The highest BCUT2D eigenvalue weighted by molar-refractivity contribution is 5.89. The predicted octanol–water partition coefficient (Wildman–Crippen LogP) is 1.70. The molecule has 1 atom stereocenters. The largest absolute Gasteiger partial charge is 0.481 e. The van der Waals surface area contributed by atoms with E-state index in [1.165, 1.54) is 12.8 Å². The second-order valence-electron chi connectivity index (χ2n) is 5.02. The highest BCUT2D eigenvalue weighted by Gasteiger charge is 2.18. The number of rotatable bonds is 5. The van der Waals surface area contributed by atoms with Crippen molar-refractivity contribution in [3.8, 4) is 5.88 Å². The van der Waals surface area contributed by atoms with E-state index in [9.17, 15) is 4.79 Å². The minimum atomic E-state index is -0.206. The fraction of sp³-hybridized carbons (Fsp3) is 0.571. The van der Waals surface area contributed by atoms with E-state index >= 15 is 0 Å². The van der Waals surface area contributed by atoms with Crippen molar-refractivity contribution >= 4 is 11.7 Å². The quantitative estimate of drug-likeness (QED) is 0.860. The van der Waals surface area contributed by atoms with E-state index < -0.39 is 0 Å². The van der Waals surface area contributed by atoms with Crippen LogP contribution in [0.2, 0.25) is 0 Å². The molecule has 6 heteroatoms. The number of pyridine rings is 1. The number of nitrogens with zero attached hydrogens (tertiary/aromatic N) is 2. The van der Waals surface area contributed by atoms with Gasteiger partial charge in [0.15, 0.2) is 0 Å². The Kier molecular flexibility index (Phi) is 5.17. The molecule has 0 unspecified atom stereocenters. The molecule has 1 aliphatic rings.